The third kappa shape index (κ3) is 7.19. The number of ether oxygens (including phenoxy) is 1. The van der Waals surface area contributed by atoms with Gasteiger partial charge in [-0.2, -0.15) is 0 Å². The van der Waals surface area contributed by atoms with Crippen molar-refractivity contribution < 1.29 is 14.3 Å². The number of carbonyl (C=O) groups is 2. The third-order valence-corrected chi connectivity index (χ3v) is 4.40. The smallest absolute Gasteiger partial charge is 0.257 e. The number of carbonyl (C=O) groups excluding carboxylic acids is 2. The summed E-state index contributed by atoms with van der Waals surface area (Å²) in [6.07, 6.45) is 1.91. The molecule has 0 aromatic heterocycles. The lowest BCUT2D eigenvalue weighted by atomic mass is 10.2. The van der Waals surface area contributed by atoms with Gasteiger partial charge in [0, 0.05) is 23.4 Å². The summed E-state index contributed by atoms with van der Waals surface area (Å²) in [5, 5.41) is 8.58. The summed E-state index contributed by atoms with van der Waals surface area (Å²) in [6, 6.07) is 13.8. The van der Waals surface area contributed by atoms with Gasteiger partial charge in [0.15, 0.2) is 5.11 Å². The number of hydrogen-bond donors (Lipinski definition) is 3. The van der Waals surface area contributed by atoms with Crippen molar-refractivity contribution in [2.75, 3.05) is 11.9 Å². The molecule has 0 aliphatic carbocycles. The van der Waals surface area contributed by atoms with Crippen LogP contribution < -0.4 is 20.7 Å². The average molecular weight is 414 g/mol. The first-order valence-corrected chi connectivity index (χ1v) is 10.1. The molecule has 154 valence electrons. The zero-order chi connectivity index (χ0) is 21.2. The Morgan fingerprint density at radius 2 is 1.55 bits per heavy atom. The first-order chi connectivity index (χ1) is 13.9. The largest absolute Gasteiger partial charge is 0.491 e. The van der Waals surface area contributed by atoms with Gasteiger partial charge < -0.3 is 15.4 Å². The lowest BCUT2D eigenvalue weighted by Gasteiger charge is -2.13. The summed E-state index contributed by atoms with van der Waals surface area (Å²) >= 11 is 5.21. The van der Waals surface area contributed by atoms with E-state index < -0.39 is 0 Å². The zero-order valence-corrected chi connectivity index (χ0v) is 17.8. The molecular weight excluding hydrogens is 386 g/mol. The lowest BCUT2D eigenvalue weighted by Crippen LogP contribution is -2.34. The highest BCUT2D eigenvalue weighted by atomic mass is 32.1. The fourth-order valence-corrected chi connectivity index (χ4v) is 2.59. The Labute approximate surface area is 177 Å². The summed E-state index contributed by atoms with van der Waals surface area (Å²) in [5.74, 6) is 0.294. The quantitative estimate of drug-likeness (QED) is 0.567. The number of rotatable bonds is 8. The highest BCUT2D eigenvalue weighted by Crippen LogP contribution is 2.15. The van der Waals surface area contributed by atoms with E-state index in [1.54, 1.807) is 48.5 Å². The van der Waals surface area contributed by atoms with Crippen LogP contribution in [0, 0.1) is 0 Å². The van der Waals surface area contributed by atoms with E-state index in [1.165, 1.54) is 0 Å². The van der Waals surface area contributed by atoms with Crippen molar-refractivity contribution in [3.05, 3.63) is 59.7 Å². The van der Waals surface area contributed by atoms with Gasteiger partial charge in [-0.1, -0.05) is 13.8 Å². The molecule has 0 spiro atoms. The molecule has 0 bridgehead atoms. The van der Waals surface area contributed by atoms with E-state index in [1.807, 2.05) is 13.8 Å². The van der Waals surface area contributed by atoms with Crippen LogP contribution in [0.25, 0.3) is 0 Å². The highest BCUT2D eigenvalue weighted by molar-refractivity contribution is 7.80. The molecule has 2 amide bonds. The Morgan fingerprint density at radius 1 is 0.966 bits per heavy atom. The van der Waals surface area contributed by atoms with Crippen molar-refractivity contribution >= 4 is 34.8 Å². The van der Waals surface area contributed by atoms with Crippen LogP contribution >= 0.6 is 12.2 Å². The predicted molar refractivity (Wildman–Crippen MR) is 120 cm³/mol. The standard InChI is InChI=1S/C22H27N3O3S/c1-4-14-23-20(26)16-6-10-18(11-7-16)24-22(29)25-21(27)17-8-12-19(13-9-17)28-15(3)5-2/h6-13,15H,4-5,14H2,1-3H3,(H,23,26)(H2,24,25,27,29). The first kappa shape index (κ1) is 22.4. The summed E-state index contributed by atoms with van der Waals surface area (Å²) in [5.41, 5.74) is 1.73. The maximum atomic E-state index is 12.3. The SMILES string of the molecule is CCCNC(=O)c1ccc(NC(=S)NC(=O)c2ccc(OC(C)CC)cc2)cc1. The molecule has 0 radical (unpaired) electrons. The molecule has 2 aromatic carbocycles. The molecule has 29 heavy (non-hydrogen) atoms. The topological polar surface area (TPSA) is 79.5 Å². The van der Waals surface area contributed by atoms with Gasteiger partial charge in [-0.25, -0.2) is 0 Å². The van der Waals surface area contributed by atoms with Gasteiger partial charge in [0.25, 0.3) is 11.8 Å². The number of amides is 2. The Hall–Kier alpha value is -2.93. The molecule has 2 rings (SSSR count). The molecule has 6 nitrogen and oxygen atoms in total. The molecule has 0 saturated carbocycles. The highest BCUT2D eigenvalue weighted by Gasteiger charge is 2.10. The fourth-order valence-electron chi connectivity index (χ4n) is 2.38. The molecule has 0 aliphatic rings. The minimum atomic E-state index is -0.312. The van der Waals surface area contributed by atoms with Crippen LogP contribution in [0.1, 0.15) is 54.3 Å². The van der Waals surface area contributed by atoms with E-state index in [2.05, 4.69) is 22.9 Å². The molecule has 0 saturated heterocycles. The molecule has 0 aliphatic heterocycles. The van der Waals surface area contributed by atoms with Crippen molar-refractivity contribution in [1.29, 1.82) is 0 Å². The van der Waals surface area contributed by atoms with E-state index >= 15 is 0 Å². The molecule has 0 heterocycles. The second kappa shape index (κ2) is 11.2. The number of nitrogens with one attached hydrogen (secondary N) is 3. The third-order valence-electron chi connectivity index (χ3n) is 4.20. The number of hydrogen-bond acceptors (Lipinski definition) is 4. The maximum absolute atomic E-state index is 12.3. The molecule has 1 unspecified atom stereocenters. The first-order valence-electron chi connectivity index (χ1n) is 9.70. The monoisotopic (exact) mass is 413 g/mol. The van der Waals surface area contributed by atoms with Crippen LogP contribution in [0.3, 0.4) is 0 Å². The van der Waals surface area contributed by atoms with E-state index in [0.717, 1.165) is 18.6 Å². The lowest BCUT2D eigenvalue weighted by molar-refractivity contribution is 0.0951. The fraction of sp³-hybridized carbons (Fsp3) is 0.318. The number of anilines is 1. The zero-order valence-electron chi connectivity index (χ0n) is 17.0. The van der Waals surface area contributed by atoms with Crippen molar-refractivity contribution in [3.8, 4) is 5.75 Å². The summed E-state index contributed by atoms with van der Waals surface area (Å²) < 4.78 is 5.71. The molecule has 3 N–H and O–H groups in total. The van der Waals surface area contributed by atoms with Gasteiger partial charge in [-0.3, -0.25) is 14.9 Å². The Kier molecular flexibility index (Phi) is 8.61. The van der Waals surface area contributed by atoms with Gasteiger partial charge in [-0.05, 0) is 80.5 Å². The summed E-state index contributed by atoms with van der Waals surface area (Å²) in [6.45, 7) is 6.68. The van der Waals surface area contributed by atoms with Gasteiger partial charge >= 0.3 is 0 Å². The van der Waals surface area contributed by atoms with Crippen LogP contribution in [0.4, 0.5) is 5.69 Å². The normalized spacial score (nSPS) is 11.3. The second-order valence-corrected chi connectivity index (χ2v) is 7.01. The number of thiocarbonyl (C=S) groups is 1. The van der Waals surface area contributed by atoms with Gasteiger partial charge in [0.1, 0.15) is 5.75 Å². The maximum Gasteiger partial charge on any atom is 0.257 e. The van der Waals surface area contributed by atoms with Crippen LogP contribution in [-0.4, -0.2) is 29.6 Å². The summed E-state index contributed by atoms with van der Waals surface area (Å²) in [7, 11) is 0. The van der Waals surface area contributed by atoms with E-state index in [9.17, 15) is 9.59 Å². The van der Waals surface area contributed by atoms with Crippen LogP contribution in [0.15, 0.2) is 48.5 Å². The Morgan fingerprint density at radius 3 is 2.14 bits per heavy atom. The van der Waals surface area contributed by atoms with Crippen molar-refractivity contribution in [1.82, 2.24) is 10.6 Å². The minimum Gasteiger partial charge on any atom is -0.491 e. The molecular formula is C22H27N3O3S. The average Bonchev–Trinajstić information content (AvgIpc) is 2.72. The van der Waals surface area contributed by atoms with Crippen molar-refractivity contribution in [3.63, 3.8) is 0 Å². The van der Waals surface area contributed by atoms with E-state index in [-0.39, 0.29) is 23.0 Å². The second-order valence-electron chi connectivity index (χ2n) is 6.60. The van der Waals surface area contributed by atoms with Crippen molar-refractivity contribution in [2.24, 2.45) is 0 Å². The molecule has 1 atom stereocenters. The van der Waals surface area contributed by atoms with Gasteiger partial charge in [0.05, 0.1) is 6.10 Å². The van der Waals surface area contributed by atoms with E-state index in [4.69, 9.17) is 17.0 Å². The van der Waals surface area contributed by atoms with Crippen LogP contribution in [0.5, 0.6) is 5.75 Å². The van der Waals surface area contributed by atoms with Gasteiger partial charge in [0.2, 0.25) is 0 Å². The molecule has 0 fully saturated rings. The predicted octanol–water partition coefficient (Wildman–Crippen LogP) is 4.13. The molecule has 7 heteroatoms. The number of benzene rings is 2. The van der Waals surface area contributed by atoms with Crippen LogP contribution in [-0.2, 0) is 0 Å². The van der Waals surface area contributed by atoms with Gasteiger partial charge in [-0.15, -0.1) is 0 Å². The van der Waals surface area contributed by atoms with Crippen LogP contribution in [0.2, 0.25) is 0 Å². The minimum absolute atomic E-state index is 0.116. The summed E-state index contributed by atoms with van der Waals surface area (Å²) in [4.78, 5) is 24.3. The van der Waals surface area contributed by atoms with E-state index in [0.29, 0.717) is 23.4 Å². The van der Waals surface area contributed by atoms with Crippen molar-refractivity contribution in [2.45, 2.75) is 39.7 Å². The molecule has 2 aromatic rings. The Balaban J connectivity index is 1.88. The Bertz CT molecular complexity index is 835.